The monoisotopic (exact) mass is 544 g/mol. The summed E-state index contributed by atoms with van der Waals surface area (Å²) in [6, 6.07) is 0. The first-order valence-electron chi connectivity index (χ1n) is 12.1. The normalized spacial score (nSPS) is 39.5. The molecule has 172 valence electrons. The molecule has 0 spiro atoms. The van der Waals surface area contributed by atoms with Gasteiger partial charge in [-0.1, -0.05) is 74.9 Å². The molecule has 0 radical (unpaired) electrons. The van der Waals surface area contributed by atoms with Crippen LogP contribution in [0.25, 0.3) is 0 Å². The van der Waals surface area contributed by atoms with E-state index < -0.39 is 8.32 Å². The van der Waals surface area contributed by atoms with Crippen molar-refractivity contribution < 1.29 is 9.16 Å². The highest BCUT2D eigenvalue weighted by atomic mass is 127. The summed E-state index contributed by atoms with van der Waals surface area (Å²) >= 11 is 2.47. The van der Waals surface area contributed by atoms with Crippen molar-refractivity contribution >= 4 is 30.9 Å². The molecular weight excluding hydrogens is 499 g/mol. The molecule has 6 atom stereocenters. The number of hydrogen-bond donors (Lipinski definition) is 0. The lowest BCUT2D eigenvalue weighted by Crippen LogP contribution is -2.47. The van der Waals surface area contributed by atoms with E-state index in [2.05, 4.69) is 93.5 Å². The van der Waals surface area contributed by atoms with Gasteiger partial charge in [0.15, 0.2) is 8.32 Å². The Balaban J connectivity index is 1.55. The minimum atomic E-state index is -1.79. The number of halogens is 1. The number of fused-ring (bicyclic) bond motifs is 1. The largest absolute Gasteiger partial charge is 0.408 e. The van der Waals surface area contributed by atoms with Gasteiger partial charge in [-0.15, -0.1) is 0 Å². The lowest BCUT2D eigenvalue weighted by molar-refractivity contribution is -0.00554. The van der Waals surface area contributed by atoms with Gasteiger partial charge in [-0.3, -0.25) is 0 Å². The van der Waals surface area contributed by atoms with Crippen LogP contribution in [0.5, 0.6) is 0 Å². The maximum atomic E-state index is 6.76. The fraction of sp³-hybridized carbons (Fsp3) is 0.846. The standard InChI is InChI=1S/C26H45IO2Si/c1-19(22-11-12-23-20(17-27)10-9-14-26(22,23)6)18-28-21-13-15-25(5,16-21)29-30(7,8)24(2,3)4/h13,15,17,19,21-23H,9-12,14,16,18H2,1-8H3/t19-,21-,22+,23?,25-,26-/m0/s1. The first kappa shape index (κ1) is 25.0. The Morgan fingerprint density at radius 1 is 1.27 bits per heavy atom. The summed E-state index contributed by atoms with van der Waals surface area (Å²) < 4.78 is 15.6. The average molecular weight is 545 g/mol. The van der Waals surface area contributed by atoms with Crippen LogP contribution in [0.15, 0.2) is 21.8 Å². The molecule has 0 N–H and O–H groups in total. The molecule has 30 heavy (non-hydrogen) atoms. The van der Waals surface area contributed by atoms with E-state index in [1.165, 1.54) is 32.1 Å². The maximum Gasteiger partial charge on any atom is 0.193 e. The smallest absolute Gasteiger partial charge is 0.193 e. The molecule has 0 amide bonds. The molecule has 3 aliphatic rings. The van der Waals surface area contributed by atoms with E-state index in [4.69, 9.17) is 9.16 Å². The molecule has 2 fully saturated rings. The van der Waals surface area contributed by atoms with Crippen molar-refractivity contribution in [2.45, 2.75) is 110 Å². The van der Waals surface area contributed by atoms with E-state index >= 15 is 0 Å². The zero-order valence-electron chi connectivity index (χ0n) is 20.7. The Labute approximate surface area is 200 Å². The summed E-state index contributed by atoms with van der Waals surface area (Å²) in [6.07, 6.45) is 12.5. The second-order valence-electron chi connectivity index (χ2n) is 12.4. The first-order chi connectivity index (χ1) is 13.8. The van der Waals surface area contributed by atoms with E-state index in [0.29, 0.717) is 11.3 Å². The Morgan fingerprint density at radius 2 is 1.97 bits per heavy atom. The second-order valence-corrected chi connectivity index (χ2v) is 17.7. The molecule has 0 saturated heterocycles. The minimum absolute atomic E-state index is 0.176. The van der Waals surface area contributed by atoms with Crippen molar-refractivity contribution in [1.82, 2.24) is 0 Å². The quantitative estimate of drug-likeness (QED) is 0.190. The van der Waals surface area contributed by atoms with Crippen molar-refractivity contribution in [3.8, 4) is 0 Å². The second kappa shape index (κ2) is 8.94. The van der Waals surface area contributed by atoms with Crippen LogP contribution >= 0.6 is 22.6 Å². The van der Waals surface area contributed by atoms with Crippen LogP contribution in [0.3, 0.4) is 0 Å². The third-order valence-corrected chi connectivity index (χ3v) is 14.4. The Bertz CT molecular complexity index is 679. The van der Waals surface area contributed by atoms with Crippen LogP contribution < -0.4 is 0 Å². The topological polar surface area (TPSA) is 18.5 Å². The summed E-state index contributed by atoms with van der Waals surface area (Å²) in [7, 11) is -1.79. The van der Waals surface area contributed by atoms with Gasteiger partial charge in [0.1, 0.15) is 0 Å². The van der Waals surface area contributed by atoms with Gasteiger partial charge >= 0.3 is 0 Å². The number of hydrogen-bond acceptors (Lipinski definition) is 2. The van der Waals surface area contributed by atoms with Crippen LogP contribution in [0.1, 0.15) is 80.1 Å². The van der Waals surface area contributed by atoms with Gasteiger partial charge in [0.05, 0.1) is 18.3 Å². The van der Waals surface area contributed by atoms with Crippen molar-refractivity contribution in [1.29, 1.82) is 0 Å². The van der Waals surface area contributed by atoms with E-state index in [0.717, 1.165) is 24.9 Å². The molecule has 2 nitrogen and oxygen atoms in total. The van der Waals surface area contributed by atoms with Gasteiger partial charge in [-0.2, -0.15) is 0 Å². The number of ether oxygens (including phenoxy) is 1. The van der Waals surface area contributed by atoms with E-state index in [9.17, 15) is 0 Å². The summed E-state index contributed by atoms with van der Waals surface area (Å²) in [5.41, 5.74) is 2.02. The van der Waals surface area contributed by atoms with Gasteiger partial charge in [0.2, 0.25) is 0 Å². The van der Waals surface area contributed by atoms with Crippen LogP contribution in [-0.4, -0.2) is 26.6 Å². The van der Waals surface area contributed by atoms with Crippen molar-refractivity contribution in [2.75, 3.05) is 6.61 Å². The highest BCUT2D eigenvalue weighted by Gasteiger charge is 2.51. The predicted molar refractivity (Wildman–Crippen MR) is 140 cm³/mol. The average Bonchev–Trinajstić information content (AvgIpc) is 3.17. The molecule has 0 aromatic carbocycles. The van der Waals surface area contributed by atoms with Crippen molar-refractivity contribution in [3.63, 3.8) is 0 Å². The van der Waals surface area contributed by atoms with Gasteiger partial charge in [0, 0.05) is 6.42 Å². The molecule has 1 unspecified atom stereocenters. The van der Waals surface area contributed by atoms with E-state index in [-0.39, 0.29) is 16.7 Å². The first-order valence-corrected chi connectivity index (χ1v) is 16.3. The van der Waals surface area contributed by atoms with Gasteiger partial charge in [-0.05, 0) is 84.4 Å². The molecular formula is C26H45IO2Si. The molecule has 0 aromatic heterocycles. The predicted octanol–water partition coefficient (Wildman–Crippen LogP) is 8.28. The van der Waals surface area contributed by atoms with Crippen LogP contribution in [0.4, 0.5) is 0 Å². The van der Waals surface area contributed by atoms with E-state index in [1.807, 2.05) is 0 Å². The Kier molecular flexibility index (Phi) is 7.45. The summed E-state index contributed by atoms with van der Waals surface area (Å²) in [5, 5.41) is 0.233. The van der Waals surface area contributed by atoms with E-state index in [1.54, 1.807) is 5.57 Å². The highest BCUT2D eigenvalue weighted by Crippen LogP contribution is 2.59. The number of rotatable bonds is 6. The van der Waals surface area contributed by atoms with Gasteiger partial charge in [-0.25, -0.2) is 0 Å². The maximum absolute atomic E-state index is 6.76. The van der Waals surface area contributed by atoms with Crippen molar-refractivity contribution in [2.24, 2.45) is 23.2 Å². The summed E-state index contributed by atoms with van der Waals surface area (Å²) in [6.45, 7) is 19.8. The molecule has 0 aliphatic heterocycles. The lowest BCUT2D eigenvalue weighted by atomic mass is 9.61. The third kappa shape index (κ3) is 4.96. The zero-order valence-corrected chi connectivity index (χ0v) is 23.8. The Hall–Kier alpha value is 0.347. The molecule has 3 rings (SSSR count). The van der Waals surface area contributed by atoms with Crippen molar-refractivity contribution in [3.05, 3.63) is 21.8 Å². The third-order valence-electron chi connectivity index (χ3n) is 9.00. The summed E-state index contributed by atoms with van der Waals surface area (Å²) in [5.74, 6) is 2.22. The molecule has 0 bridgehead atoms. The fourth-order valence-electron chi connectivity index (χ4n) is 6.31. The van der Waals surface area contributed by atoms with Crippen LogP contribution in [-0.2, 0) is 9.16 Å². The minimum Gasteiger partial charge on any atom is -0.408 e. The molecule has 2 saturated carbocycles. The van der Waals surface area contributed by atoms with Crippen LogP contribution in [0, 0.1) is 23.2 Å². The van der Waals surface area contributed by atoms with Gasteiger partial charge < -0.3 is 9.16 Å². The SMILES string of the molecule is C[C@@H](CO[C@H]1C=C[C@](C)(O[Si](C)(C)C(C)(C)C)C1)[C@H]1CCC2C(=CI)CCC[C@]21C. The highest BCUT2D eigenvalue weighted by molar-refractivity contribution is 14.1. The molecule has 0 aromatic rings. The van der Waals surface area contributed by atoms with Crippen LogP contribution in [0.2, 0.25) is 18.1 Å². The fourth-order valence-corrected chi connectivity index (χ4v) is 8.68. The summed E-state index contributed by atoms with van der Waals surface area (Å²) in [4.78, 5) is 0. The van der Waals surface area contributed by atoms with Gasteiger partial charge in [0.25, 0.3) is 0 Å². The lowest BCUT2D eigenvalue weighted by Gasteiger charge is -2.44. The molecule has 4 heteroatoms. The Morgan fingerprint density at radius 3 is 2.60 bits per heavy atom. The number of allylic oxidation sites excluding steroid dienone is 1. The molecule has 3 aliphatic carbocycles. The molecule has 0 heterocycles. The zero-order chi connectivity index (χ0) is 22.4.